The predicted octanol–water partition coefficient (Wildman–Crippen LogP) is 5.79. The van der Waals surface area contributed by atoms with Gasteiger partial charge in [0.05, 0.1) is 0 Å². The van der Waals surface area contributed by atoms with E-state index in [2.05, 4.69) is 40.2 Å². The predicted molar refractivity (Wildman–Crippen MR) is 122 cm³/mol. The second-order valence-corrected chi connectivity index (χ2v) is 9.29. The number of rotatable bonds is 5. The van der Waals surface area contributed by atoms with Crippen molar-refractivity contribution in [1.29, 1.82) is 0 Å². The summed E-state index contributed by atoms with van der Waals surface area (Å²) in [5.41, 5.74) is 4.83. The van der Waals surface area contributed by atoms with Crippen LogP contribution in [0, 0.1) is 0 Å². The van der Waals surface area contributed by atoms with Crippen LogP contribution in [-0.4, -0.2) is 14.1 Å². The summed E-state index contributed by atoms with van der Waals surface area (Å²) in [7, 11) is 1.93. The van der Waals surface area contributed by atoms with Crippen LogP contribution in [0.25, 0.3) is 22.2 Å². The van der Waals surface area contributed by atoms with E-state index in [0.29, 0.717) is 5.52 Å². The lowest BCUT2D eigenvalue weighted by Gasteiger charge is -2.12. The summed E-state index contributed by atoms with van der Waals surface area (Å²) in [4.78, 5) is 18.5. The number of aryl methyl sites for hydroxylation is 1. The van der Waals surface area contributed by atoms with Crippen LogP contribution in [0.2, 0.25) is 0 Å². The van der Waals surface area contributed by atoms with Gasteiger partial charge in [0.25, 0.3) is 5.56 Å². The third kappa shape index (κ3) is 3.55. The number of hydrogen-bond donors (Lipinski definition) is 0. The molecule has 2 aromatic heterocycles. The summed E-state index contributed by atoms with van der Waals surface area (Å²) in [6.45, 7) is 0. The van der Waals surface area contributed by atoms with Crippen molar-refractivity contribution in [2.24, 2.45) is 7.05 Å². The minimum absolute atomic E-state index is 0.0684. The molecule has 2 heterocycles. The van der Waals surface area contributed by atoms with E-state index in [1.54, 1.807) is 11.8 Å². The van der Waals surface area contributed by atoms with E-state index in [9.17, 15) is 4.79 Å². The highest BCUT2D eigenvalue weighted by molar-refractivity contribution is 9.10. The molecule has 0 unspecified atom stereocenters. The van der Waals surface area contributed by atoms with Crippen LogP contribution < -0.4 is 5.56 Å². The van der Waals surface area contributed by atoms with Gasteiger partial charge in [-0.15, -0.1) is 0 Å². The lowest BCUT2D eigenvalue weighted by atomic mass is 10.1. The van der Waals surface area contributed by atoms with Gasteiger partial charge in [0.15, 0.2) is 5.16 Å². The average molecular weight is 466 g/mol. The normalized spacial score (nSPS) is 13.9. The Hall–Kier alpha value is -2.31. The Morgan fingerprint density at radius 2 is 1.93 bits per heavy atom. The Balaban J connectivity index is 1.64. The Morgan fingerprint density at radius 3 is 2.66 bits per heavy atom. The average Bonchev–Trinajstić information content (AvgIpc) is 3.50. The molecule has 4 aromatic rings. The maximum atomic E-state index is 13.4. The molecule has 1 fully saturated rings. The van der Waals surface area contributed by atoms with Gasteiger partial charge in [0.2, 0.25) is 0 Å². The lowest BCUT2D eigenvalue weighted by molar-refractivity contribution is 0.615. The summed E-state index contributed by atoms with van der Waals surface area (Å²) < 4.78 is 4.90. The van der Waals surface area contributed by atoms with Crippen molar-refractivity contribution in [3.8, 4) is 11.1 Å². The number of hydrogen-bond acceptors (Lipinski definition) is 3. The minimum Gasteiger partial charge on any atom is -0.344 e. The number of benzene rings is 2. The van der Waals surface area contributed by atoms with Crippen molar-refractivity contribution in [2.45, 2.75) is 29.8 Å². The fourth-order valence-electron chi connectivity index (χ4n) is 3.69. The molecule has 29 heavy (non-hydrogen) atoms. The quantitative estimate of drug-likeness (QED) is 0.276. The van der Waals surface area contributed by atoms with Crippen molar-refractivity contribution < 1.29 is 0 Å². The van der Waals surface area contributed by atoms with Gasteiger partial charge in [-0.2, -0.15) is 0 Å². The number of fused-ring (bicyclic) bond motifs is 1. The zero-order chi connectivity index (χ0) is 20.0. The summed E-state index contributed by atoms with van der Waals surface area (Å²) in [6, 6.07) is 18.7. The molecule has 5 rings (SSSR count). The van der Waals surface area contributed by atoms with Crippen LogP contribution in [0.5, 0.6) is 0 Å². The molecule has 2 aromatic carbocycles. The Bertz CT molecular complexity index is 1260. The zero-order valence-electron chi connectivity index (χ0n) is 16.0. The largest absolute Gasteiger partial charge is 0.344 e. The van der Waals surface area contributed by atoms with Crippen molar-refractivity contribution in [3.63, 3.8) is 0 Å². The summed E-state index contributed by atoms with van der Waals surface area (Å²) >= 11 is 5.18. The monoisotopic (exact) mass is 465 g/mol. The minimum atomic E-state index is 0.0684. The number of aromatic nitrogens is 3. The lowest BCUT2D eigenvalue weighted by Crippen LogP contribution is -2.23. The van der Waals surface area contributed by atoms with E-state index < -0.39 is 0 Å². The van der Waals surface area contributed by atoms with Crippen LogP contribution >= 0.6 is 27.7 Å². The molecule has 1 saturated carbocycles. The van der Waals surface area contributed by atoms with Crippen LogP contribution in [0.15, 0.2) is 75.2 Å². The van der Waals surface area contributed by atoms with E-state index >= 15 is 0 Å². The third-order valence-electron chi connectivity index (χ3n) is 5.24. The Kier molecular flexibility index (Phi) is 4.84. The molecule has 0 bridgehead atoms. The molecule has 0 amide bonds. The first-order valence-corrected chi connectivity index (χ1v) is 11.4. The van der Waals surface area contributed by atoms with E-state index in [4.69, 9.17) is 4.98 Å². The SMILES string of the molecule is Cn1cc(-c2ccccc2)c2nc(SCc3cccc(Br)c3)n(C3CC3)c(=O)c21. The van der Waals surface area contributed by atoms with Crippen molar-refractivity contribution in [2.75, 3.05) is 0 Å². The molecule has 0 N–H and O–H groups in total. The molecule has 4 nitrogen and oxygen atoms in total. The fourth-order valence-corrected chi connectivity index (χ4v) is 5.14. The highest BCUT2D eigenvalue weighted by Gasteiger charge is 2.30. The molecule has 1 aliphatic carbocycles. The van der Waals surface area contributed by atoms with Gasteiger partial charge in [-0.25, -0.2) is 4.98 Å². The van der Waals surface area contributed by atoms with Gasteiger partial charge in [0, 0.05) is 35.1 Å². The van der Waals surface area contributed by atoms with E-state index in [1.807, 2.05) is 52.7 Å². The van der Waals surface area contributed by atoms with Crippen molar-refractivity contribution in [1.82, 2.24) is 14.1 Å². The third-order valence-corrected chi connectivity index (χ3v) is 6.76. The van der Waals surface area contributed by atoms with E-state index in [-0.39, 0.29) is 11.6 Å². The van der Waals surface area contributed by atoms with Gasteiger partial charge >= 0.3 is 0 Å². The van der Waals surface area contributed by atoms with Gasteiger partial charge in [-0.05, 0) is 36.1 Å². The standard InChI is InChI=1S/C23H20BrN3OS/c1-26-13-19(16-7-3-2-4-8-16)20-21(26)22(28)27(18-10-11-18)23(25-20)29-14-15-6-5-9-17(24)12-15/h2-9,12-13,18H,10-11,14H2,1H3. The highest BCUT2D eigenvalue weighted by atomic mass is 79.9. The topological polar surface area (TPSA) is 39.8 Å². The molecule has 0 radical (unpaired) electrons. The maximum absolute atomic E-state index is 13.4. The molecule has 6 heteroatoms. The highest BCUT2D eigenvalue weighted by Crippen LogP contribution is 2.38. The van der Waals surface area contributed by atoms with Crippen LogP contribution in [0.3, 0.4) is 0 Å². The zero-order valence-corrected chi connectivity index (χ0v) is 18.4. The van der Waals surface area contributed by atoms with E-state index in [1.165, 1.54) is 5.56 Å². The second-order valence-electron chi connectivity index (χ2n) is 7.44. The fraction of sp³-hybridized carbons (Fsp3) is 0.217. The first-order chi connectivity index (χ1) is 14.1. The molecular formula is C23H20BrN3OS. The number of halogens is 1. The maximum Gasteiger partial charge on any atom is 0.278 e. The second kappa shape index (κ2) is 7.50. The Morgan fingerprint density at radius 1 is 1.14 bits per heavy atom. The molecule has 146 valence electrons. The first-order valence-electron chi connectivity index (χ1n) is 9.66. The molecule has 0 atom stereocenters. The summed E-state index contributed by atoms with van der Waals surface area (Å²) in [5.74, 6) is 0.775. The van der Waals surface area contributed by atoms with Gasteiger partial charge in [-0.3, -0.25) is 9.36 Å². The van der Waals surface area contributed by atoms with Crippen LogP contribution in [0.1, 0.15) is 24.4 Å². The van der Waals surface area contributed by atoms with Crippen molar-refractivity contribution >= 4 is 38.7 Å². The van der Waals surface area contributed by atoms with Crippen LogP contribution in [-0.2, 0) is 12.8 Å². The molecular weight excluding hydrogens is 446 g/mol. The number of nitrogens with zero attached hydrogens (tertiary/aromatic N) is 3. The summed E-state index contributed by atoms with van der Waals surface area (Å²) in [6.07, 6.45) is 4.12. The van der Waals surface area contributed by atoms with Crippen LogP contribution in [0.4, 0.5) is 0 Å². The van der Waals surface area contributed by atoms with Crippen molar-refractivity contribution in [3.05, 3.63) is 81.2 Å². The smallest absolute Gasteiger partial charge is 0.278 e. The molecule has 0 saturated heterocycles. The first kappa shape index (κ1) is 18.7. The molecule has 0 aliphatic heterocycles. The number of thioether (sulfide) groups is 1. The van der Waals surface area contributed by atoms with E-state index in [0.717, 1.165) is 44.9 Å². The van der Waals surface area contributed by atoms with Gasteiger partial charge in [0.1, 0.15) is 11.0 Å². The molecule has 1 aliphatic rings. The summed E-state index contributed by atoms with van der Waals surface area (Å²) in [5, 5.41) is 0.813. The Labute approximate surface area is 181 Å². The van der Waals surface area contributed by atoms with Gasteiger partial charge in [-0.1, -0.05) is 70.2 Å². The molecule has 0 spiro atoms. The van der Waals surface area contributed by atoms with Gasteiger partial charge < -0.3 is 4.57 Å².